The Morgan fingerprint density at radius 3 is 2.30 bits per heavy atom. The molecule has 0 aromatic heterocycles. The number of carbonyl (C=O) groups is 4. The predicted molar refractivity (Wildman–Crippen MR) is 95.0 cm³/mol. The Balaban J connectivity index is 1.58. The van der Waals surface area contributed by atoms with E-state index >= 15 is 0 Å². The second kappa shape index (κ2) is 8.30. The number of imide groups is 2. The molecule has 8 heteroatoms. The molecule has 3 rings (SSSR count). The molecule has 2 aliphatic rings. The van der Waals surface area contributed by atoms with Crippen LogP contribution in [0.3, 0.4) is 0 Å². The van der Waals surface area contributed by atoms with Gasteiger partial charge in [-0.1, -0.05) is 30.3 Å². The number of hydrogen-bond donors (Lipinski definition) is 0. The molecule has 0 bridgehead atoms. The van der Waals surface area contributed by atoms with Crippen molar-refractivity contribution in [1.29, 1.82) is 0 Å². The summed E-state index contributed by atoms with van der Waals surface area (Å²) in [6, 6.07) is 8.47. The largest absolute Gasteiger partial charge is 0.466 e. The summed E-state index contributed by atoms with van der Waals surface area (Å²) >= 11 is 0. The molecule has 1 aromatic rings. The third kappa shape index (κ3) is 4.16. The third-order valence-electron chi connectivity index (χ3n) is 4.87. The van der Waals surface area contributed by atoms with Crippen molar-refractivity contribution in [3.05, 3.63) is 35.9 Å². The van der Waals surface area contributed by atoms with Crippen LogP contribution in [0.2, 0.25) is 0 Å². The fraction of sp³-hybridized carbons (Fsp3) is 0.474. The van der Waals surface area contributed by atoms with Crippen LogP contribution in [0.15, 0.2) is 30.3 Å². The summed E-state index contributed by atoms with van der Waals surface area (Å²) in [4.78, 5) is 52.7. The van der Waals surface area contributed by atoms with E-state index in [2.05, 4.69) is 0 Å². The summed E-state index contributed by atoms with van der Waals surface area (Å²) in [6.45, 7) is 3.39. The highest BCUT2D eigenvalue weighted by atomic mass is 16.5. The summed E-state index contributed by atoms with van der Waals surface area (Å²) in [7, 11) is 0. The van der Waals surface area contributed by atoms with Crippen molar-refractivity contribution in [2.75, 3.05) is 26.4 Å². The van der Waals surface area contributed by atoms with Crippen LogP contribution >= 0.6 is 0 Å². The number of piperidine rings is 1. The van der Waals surface area contributed by atoms with E-state index in [-0.39, 0.29) is 25.1 Å². The molecule has 0 saturated carbocycles. The standard InChI is InChI=1S/C19H23N3O5/c1-2-27-18(25)15-8-10-20(11-9-15)13-22-17(24)16(23)21(19(22)26)12-14-6-4-3-5-7-14/h3-7,15H,2,8-13H2,1H3. The summed E-state index contributed by atoms with van der Waals surface area (Å²) in [5.74, 6) is -1.95. The van der Waals surface area contributed by atoms with Crippen LogP contribution < -0.4 is 0 Å². The second-order valence-corrected chi connectivity index (χ2v) is 6.68. The quantitative estimate of drug-likeness (QED) is 0.423. The maximum atomic E-state index is 12.6. The normalized spacial score (nSPS) is 19.1. The van der Waals surface area contributed by atoms with E-state index in [1.165, 1.54) is 0 Å². The summed E-state index contributed by atoms with van der Waals surface area (Å²) in [5.41, 5.74) is 0.782. The fourth-order valence-electron chi connectivity index (χ4n) is 3.35. The van der Waals surface area contributed by atoms with Crippen LogP contribution in [0.4, 0.5) is 4.79 Å². The number of hydrogen-bond acceptors (Lipinski definition) is 6. The lowest BCUT2D eigenvalue weighted by atomic mass is 9.97. The zero-order chi connectivity index (χ0) is 19.4. The molecule has 144 valence electrons. The number of rotatable bonds is 6. The maximum Gasteiger partial charge on any atom is 0.335 e. The lowest BCUT2D eigenvalue weighted by Gasteiger charge is -2.32. The molecule has 4 amide bonds. The second-order valence-electron chi connectivity index (χ2n) is 6.68. The SMILES string of the molecule is CCOC(=O)C1CCN(CN2C(=O)C(=O)N(Cc3ccccc3)C2=O)CC1. The van der Waals surface area contributed by atoms with Gasteiger partial charge in [-0.15, -0.1) is 0 Å². The number of nitrogens with zero attached hydrogens (tertiary/aromatic N) is 3. The molecule has 2 fully saturated rings. The number of ether oxygens (including phenoxy) is 1. The van der Waals surface area contributed by atoms with E-state index in [9.17, 15) is 19.2 Å². The molecule has 2 heterocycles. The molecule has 0 unspecified atom stereocenters. The minimum atomic E-state index is -0.802. The number of urea groups is 1. The number of benzene rings is 1. The smallest absolute Gasteiger partial charge is 0.335 e. The first kappa shape index (κ1) is 19.0. The predicted octanol–water partition coefficient (Wildman–Crippen LogP) is 1.21. The van der Waals surface area contributed by atoms with Crippen LogP contribution in [-0.2, 0) is 25.7 Å². The molecular weight excluding hydrogens is 350 g/mol. The average molecular weight is 373 g/mol. The van der Waals surface area contributed by atoms with Crippen molar-refractivity contribution in [3.8, 4) is 0 Å². The van der Waals surface area contributed by atoms with Gasteiger partial charge >= 0.3 is 23.8 Å². The van der Waals surface area contributed by atoms with Crippen molar-refractivity contribution in [2.24, 2.45) is 5.92 Å². The average Bonchev–Trinajstić information content (AvgIpc) is 2.88. The molecule has 1 aromatic carbocycles. The summed E-state index contributed by atoms with van der Waals surface area (Å²) < 4.78 is 5.04. The Bertz CT molecular complexity index is 728. The Morgan fingerprint density at radius 2 is 1.67 bits per heavy atom. The van der Waals surface area contributed by atoms with Gasteiger partial charge in [-0.25, -0.2) is 9.69 Å². The monoisotopic (exact) mass is 373 g/mol. The van der Waals surface area contributed by atoms with E-state index in [0.717, 1.165) is 15.4 Å². The van der Waals surface area contributed by atoms with E-state index < -0.39 is 17.8 Å². The highest BCUT2D eigenvalue weighted by molar-refractivity contribution is 6.44. The van der Waals surface area contributed by atoms with Crippen molar-refractivity contribution >= 4 is 23.8 Å². The molecule has 0 aliphatic carbocycles. The van der Waals surface area contributed by atoms with Crippen LogP contribution in [0, 0.1) is 5.92 Å². The molecule has 8 nitrogen and oxygen atoms in total. The Labute approximate surface area is 157 Å². The minimum Gasteiger partial charge on any atom is -0.466 e. The number of carbonyl (C=O) groups excluding carboxylic acids is 4. The third-order valence-corrected chi connectivity index (χ3v) is 4.87. The van der Waals surface area contributed by atoms with Gasteiger partial charge in [0.2, 0.25) is 0 Å². The highest BCUT2D eigenvalue weighted by Crippen LogP contribution is 2.21. The number of esters is 1. The van der Waals surface area contributed by atoms with E-state index in [4.69, 9.17) is 4.74 Å². The highest BCUT2D eigenvalue weighted by Gasteiger charge is 2.45. The summed E-state index contributed by atoms with van der Waals surface area (Å²) in [5, 5.41) is 0. The molecule has 0 N–H and O–H groups in total. The zero-order valence-electron chi connectivity index (χ0n) is 15.3. The summed E-state index contributed by atoms with van der Waals surface area (Å²) in [6.07, 6.45) is 1.22. The van der Waals surface area contributed by atoms with Gasteiger partial charge in [-0.05, 0) is 25.3 Å². The van der Waals surface area contributed by atoms with Gasteiger partial charge in [-0.2, -0.15) is 0 Å². The fourth-order valence-corrected chi connectivity index (χ4v) is 3.35. The number of amides is 4. The Morgan fingerprint density at radius 1 is 1.04 bits per heavy atom. The molecule has 0 spiro atoms. The zero-order valence-corrected chi connectivity index (χ0v) is 15.3. The van der Waals surface area contributed by atoms with E-state index in [1.807, 2.05) is 23.1 Å². The maximum absolute atomic E-state index is 12.6. The first-order valence-corrected chi connectivity index (χ1v) is 9.11. The molecule has 0 atom stereocenters. The van der Waals surface area contributed by atoms with Gasteiger partial charge in [0.05, 0.1) is 25.7 Å². The first-order chi connectivity index (χ1) is 13.0. The Kier molecular flexibility index (Phi) is 5.85. The lowest BCUT2D eigenvalue weighted by molar-refractivity contribution is -0.150. The minimum absolute atomic E-state index is 0.0598. The van der Waals surface area contributed by atoms with Crippen LogP contribution in [0.1, 0.15) is 25.3 Å². The molecular formula is C19H23N3O5. The number of likely N-dealkylation sites (tertiary alicyclic amines) is 1. The van der Waals surface area contributed by atoms with Crippen molar-refractivity contribution in [1.82, 2.24) is 14.7 Å². The first-order valence-electron chi connectivity index (χ1n) is 9.11. The van der Waals surface area contributed by atoms with E-state index in [0.29, 0.717) is 32.5 Å². The molecule has 27 heavy (non-hydrogen) atoms. The molecule has 2 saturated heterocycles. The van der Waals surface area contributed by atoms with Gasteiger partial charge in [0.25, 0.3) is 0 Å². The lowest BCUT2D eigenvalue weighted by Crippen LogP contribution is -2.46. The van der Waals surface area contributed by atoms with Crippen LogP contribution in [0.25, 0.3) is 0 Å². The molecule has 2 aliphatic heterocycles. The van der Waals surface area contributed by atoms with Gasteiger partial charge in [0, 0.05) is 13.1 Å². The van der Waals surface area contributed by atoms with E-state index in [1.54, 1.807) is 19.1 Å². The Hall–Kier alpha value is -2.74. The van der Waals surface area contributed by atoms with Crippen LogP contribution in [0.5, 0.6) is 0 Å². The van der Waals surface area contributed by atoms with Gasteiger partial charge in [-0.3, -0.25) is 24.2 Å². The van der Waals surface area contributed by atoms with Crippen molar-refractivity contribution in [3.63, 3.8) is 0 Å². The van der Waals surface area contributed by atoms with Crippen molar-refractivity contribution in [2.45, 2.75) is 26.3 Å². The van der Waals surface area contributed by atoms with Crippen molar-refractivity contribution < 1.29 is 23.9 Å². The van der Waals surface area contributed by atoms with Gasteiger partial charge < -0.3 is 4.74 Å². The van der Waals surface area contributed by atoms with Gasteiger partial charge in [0.15, 0.2) is 0 Å². The topological polar surface area (TPSA) is 87.2 Å². The van der Waals surface area contributed by atoms with Crippen LogP contribution in [-0.4, -0.2) is 64.9 Å². The molecule has 0 radical (unpaired) electrons. The van der Waals surface area contributed by atoms with Gasteiger partial charge in [0.1, 0.15) is 0 Å².